The summed E-state index contributed by atoms with van der Waals surface area (Å²) in [5.74, 6) is 0. The van der Waals surface area contributed by atoms with Crippen molar-refractivity contribution >= 4 is 16.6 Å². The van der Waals surface area contributed by atoms with E-state index in [2.05, 4.69) is 23.3 Å². The second kappa shape index (κ2) is 6.68. The number of hydrogen-bond donors (Lipinski definition) is 2. The molecule has 108 valence electrons. The van der Waals surface area contributed by atoms with Gasteiger partial charge in [-0.05, 0) is 25.0 Å². The molecular weight excluding hydrogens is 252 g/mol. The lowest BCUT2D eigenvalue weighted by molar-refractivity contribution is 0.0727. The number of para-hydroxylation sites is 1. The Morgan fingerprint density at radius 3 is 2.80 bits per heavy atom. The minimum Gasteiger partial charge on any atom is -0.389 e. The molecule has 0 aliphatic carbocycles. The molecule has 2 N–H and O–H groups in total. The number of aliphatic hydroxyl groups excluding tert-OH is 1. The molecule has 0 bridgehead atoms. The summed E-state index contributed by atoms with van der Waals surface area (Å²) in [5, 5.41) is 14.3. The van der Waals surface area contributed by atoms with E-state index < -0.39 is 6.10 Å². The highest BCUT2D eigenvalue weighted by Gasteiger charge is 2.12. The maximum atomic E-state index is 9.81. The molecule has 1 heterocycles. The van der Waals surface area contributed by atoms with Crippen molar-refractivity contribution in [1.29, 1.82) is 0 Å². The summed E-state index contributed by atoms with van der Waals surface area (Å²) >= 11 is 0. The lowest BCUT2D eigenvalue weighted by Crippen LogP contribution is -2.24. The summed E-state index contributed by atoms with van der Waals surface area (Å²) in [5.41, 5.74) is 4.29. The number of nitrogens with one attached hydrogen (secondary N) is 1. The maximum absolute atomic E-state index is 9.81. The van der Waals surface area contributed by atoms with Gasteiger partial charge in [-0.2, -0.15) is 0 Å². The van der Waals surface area contributed by atoms with Crippen LogP contribution in [0.1, 0.15) is 18.2 Å². The zero-order chi connectivity index (χ0) is 14.5. The number of aryl methyl sites for hydroxylation is 1. The average Bonchev–Trinajstić information content (AvgIpc) is 2.44. The second-order valence-corrected chi connectivity index (χ2v) is 4.91. The third-order valence-electron chi connectivity index (χ3n) is 3.43. The van der Waals surface area contributed by atoms with Crippen molar-refractivity contribution in [3.63, 3.8) is 0 Å². The number of aliphatic hydroxyl groups is 1. The van der Waals surface area contributed by atoms with Crippen molar-refractivity contribution in [3.8, 4) is 0 Å². The molecule has 0 fully saturated rings. The van der Waals surface area contributed by atoms with Crippen LogP contribution < -0.4 is 5.32 Å². The Morgan fingerprint density at radius 2 is 2.10 bits per heavy atom. The molecule has 0 aliphatic heterocycles. The van der Waals surface area contributed by atoms with E-state index in [1.54, 1.807) is 7.11 Å². The quantitative estimate of drug-likeness (QED) is 0.850. The highest BCUT2D eigenvalue weighted by molar-refractivity contribution is 5.93. The van der Waals surface area contributed by atoms with Crippen molar-refractivity contribution < 1.29 is 9.84 Å². The SMILES string of the molecule is CCc1c(C)nc2ccccc2c1NCC(O)COC. The Labute approximate surface area is 119 Å². The van der Waals surface area contributed by atoms with Gasteiger partial charge < -0.3 is 15.2 Å². The van der Waals surface area contributed by atoms with Gasteiger partial charge in [0.05, 0.1) is 18.2 Å². The molecule has 1 unspecified atom stereocenters. The number of nitrogens with zero attached hydrogens (tertiary/aromatic N) is 1. The highest BCUT2D eigenvalue weighted by Crippen LogP contribution is 2.28. The summed E-state index contributed by atoms with van der Waals surface area (Å²) in [7, 11) is 1.59. The fourth-order valence-electron chi connectivity index (χ4n) is 2.48. The molecule has 2 rings (SSSR count). The first kappa shape index (κ1) is 14.8. The molecule has 0 saturated carbocycles. The van der Waals surface area contributed by atoms with Gasteiger partial charge in [0.1, 0.15) is 0 Å². The molecular formula is C16H22N2O2. The minimum atomic E-state index is -0.517. The lowest BCUT2D eigenvalue weighted by atomic mass is 10.0. The third kappa shape index (κ3) is 3.08. The first-order valence-electron chi connectivity index (χ1n) is 6.96. The predicted octanol–water partition coefficient (Wildman–Crippen LogP) is 2.52. The van der Waals surface area contributed by atoms with Gasteiger partial charge in [0.2, 0.25) is 0 Å². The summed E-state index contributed by atoms with van der Waals surface area (Å²) in [6.07, 6.45) is 0.392. The monoisotopic (exact) mass is 274 g/mol. The van der Waals surface area contributed by atoms with Gasteiger partial charge >= 0.3 is 0 Å². The summed E-state index contributed by atoms with van der Waals surface area (Å²) < 4.78 is 4.96. The van der Waals surface area contributed by atoms with E-state index in [0.717, 1.165) is 28.7 Å². The fourth-order valence-corrected chi connectivity index (χ4v) is 2.48. The van der Waals surface area contributed by atoms with Crippen LogP contribution in [0, 0.1) is 6.92 Å². The minimum absolute atomic E-state index is 0.330. The van der Waals surface area contributed by atoms with Crippen LogP contribution in [0.3, 0.4) is 0 Å². The van der Waals surface area contributed by atoms with Crippen molar-refractivity contribution in [2.75, 3.05) is 25.6 Å². The van der Waals surface area contributed by atoms with Crippen LogP contribution in [0.4, 0.5) is 5.69 Å². The van der Waals surface area contributed by atoms with Gasteiger partial charge in [0.15, 0.2) is 0 Å². The van der Waals surface area contributed by atoms with E-state index >= 15 is 0 Å². The third-order valence-corrected chi connectivity index (χ3v) is 3.43. The first-order chi connectivity index (χ1) is 9.67. The van der Waals surface area contributed by atoms with E-state index in [-0.39, 0.29) is 0 Å². The van der Waals surface area contributed by atoms with E-state index in [1.165, 1.54) is 5.56 Å². The van der Waals surface area contributed by atoms with E-state index in [9.17, 15) is 5.11 Å². The van der Waals surface area contributed by atoms with Crippen LogP contribution in [-0.2, 0) is 11.2 Å². The Hall–Kier alpha value is -1.65. The van der Waals surface area contributed by atoms with Crippen LogP contribution in [0.5, 0.6) is 0 Å². The predicted molar refractivity (Wildman–Crippen MR) is 82.2 cm³/mol. The van der Waals surface area contributed by atoms with Crippen molar-refractivity contribution in [1.82, 2.24) is 4.98 Å². The number of fused-ring (bicyclic) bond motifs is 1. The van der Waals surface area contributed by atoms with Crippen molar-refractivity contribution in [2.24, 2.45) is 0 Å². The van der Waals surface area contributed by atoms with Crippen molar-refractivity contribution in [2.45, 2.75) is 26.4 Å². The van der Waals surface area contributed by atoms with Crippen LogP contribution in [0.25, 0.3) is 10.9 Å². The molecule has 4 heteroatoms. The Bertz CT molecular complexity index is 584. The molecule has 0 amide bonds. The van der Waals surface area contributed by atoms with Gasteiger partial charge in [-0.1, -0.05) is 25.1 Å². The number of anilines is 1. The molecule has 0 radical (unpaired) electrons. The second-order valence-electron chi connectivity index (χ2n) is 4.91. The molecule has 0 aliphatic rings. The van der Waals surface area contributed by atoms with Crippen molar-refractivity contribution in [3.05, 3.63) is 35.5 Å². The maximum Gasteiger partial charge on any atom is 0.0945 e. The van der Waals surface area contributed by atoms with E-state index in [1.807, 2.05) is 25.1 Å². The zero-order valence-electron chi connectivity index (χ0n) is 12.3. The molecule has 0 saturated heterocycles. The molecule has 20 heavy (non-hydrogen) atoms. The molecule has 1 aromatic carbocycles. The first-order valence-corrected chi connectivity index (χ1v) is 6.96. The number of hydrogen-bond acceptors (Lipinski definition) is 4. The van der Waals surface area contributed by atoms with Gasteiger partial charge in [-0.15, -0.1) is 0 Å². The lowest BCUT2D eigenvalue weighted by Gasteiger charge is -2.18. The Balaban J connectivity index is 2.38. The molecule has 2 aromatic rings. The van der Waals surface area contributed by atoms with Gasteiger partial charge in [0, 0.05) is 30.4 Å². The fraction of sp³-hybridized carbons (Fsp3) is 0.438. The van der Waals surface area contributed by atoms with Gasteiger partial charge in [-0.3, -0.25) is 4.98 Å². The highest BCUT2D eigenvalue weighted by atomic mass is 16.5. The number of benzene rings is 1. The Kier molecular flexibility index (Phi) is 4.93. The summed E-state index contributed by atoms with van der Waals surface area (Å²) in [6, 6.07) is 8.07. The Morgan fingerprint density at radius 1 is 1.35 bits per heavy atom. The zero-order valence-corrected chi connectivity index (χ0v) is 12.3. The van der Waals surface area contributed by atoms with Crippen LogP contribution >= 0.6 is 0 Å². The van der Waals surface area contributed by atoms with E-state index in [4.69, 9.17) is 4.74 Å². The van der Waals surface area contributed by atoms with Gasteiger partial charge in [0.25, 0.3) is 0 Å². The number of methoxy groups -OCH3 is 1. The standard InChI is InChI=1S/C16H22N2O2/c1-4-13-11(2)18-15-8-6-5-7-14(15)16(13)17-9-12(19)10-20-3/h5-8,12,19H,4,9-10H2,1-3H3,(H,17,18). The normalized spacial score (nSPS) is 12.6. The number of ether oxygens (including phenoxy) is 1. The molecule has 0 spiro atoms. The molecule has 1 aromatic heterocycles. The van der Waals surface area contributed by atoms with Crippen LogP contribution in [-0.4, -0.2) is 36.5 Å². The number of pyridine rings is 1. The summed E-state index contributed by atoms with van der Waals surface area (Å²) in [4.78, 5) is 4.64. The average molecular weight is 274 g/mol. The summed E-state index contributed by atoms with van der Waals surface area (Å²) in [6.45, 7) is 4.95. The van der Waals surface area contributed by atoms with Crippen LogP contribution in [0.2, 0.25) is 0 Å². The smallest absolute Gasteiger partial charge is 0.0945 e. The largest absolute Gasteiger partial charge is 0.389 e. The van der Waals surface area contributed by atoms with Gasteiger partial charge in [-0.25, -0.2) is 0 Å². The van der Waals surface area contributed by atoms with E-state index in [0.29, 0.717) is 13.2 Å². The molecule has 1 atom stereocenters. The molecule has 4 nitrogen and oxygen atoms in total. The topological polar surface area (TPSA) is 54.4 Å². The number of aromatic nitrogens is 1. The number of rotatable bonds is 6. The van der Waals surface area contributed by atoms with Crippen LogP contribution in [0.15, 0.2) is 24.3 Å².